The molecule has 0 aliphatic heterocycles. The Bertz CT molecular complexity index is 608. The van der Waals surface area contributed by atoms with Gasteiger partial charge in [-0.1, -0.05) is 0 Å². The first-order valence-electron chi connectivity index (χ1n) is 7.76. The van der Waals surface area contributed by atoms with Crippen LogP contribution >= 0.6 is 0 Å². The second-order valence-corrected chi connectivity index (χ2v) is 7.79. The molecule has 0 aromatic heterocycles. The van der Waals surface area contributed by atoms with Gasteiger partial charge < -0.3 is 18.0 Å². The summed E-state index contributed by atoms with van der Waals surface area (Å²) in [4.78, 5) is 11.7. The fraction of sp³-hybridized carbons (Fsp3) is 0.533. The zero-order chi connectivity index (χ0) is 19.9. The SMILES string of the molecule is CCO[Si](CCCOC(=O)c1c(F)c(F)c(F)c(F)c1F)(OC)OCC. The smallest absolute Gasteiger partial charge is 0.462 e. The lowest BCUT2D eigenvalue weighted by Gasteiger charge is -2.27. The van der Waals surface area contributed by atoms with Gasteiger partial charge in [0.15, 0.2) is 23.3 Å². The van der Waals surface area contributed by atoms with Crippen molar-refractivity contribution in [3.8, 4) is 0 Å². The minimum atomic E-state index is -2.98. The number of esters is 1. The van der Waals surface area contributed by atoms with Crippen LogP contribution in [0.5, 0.6) is 0 Å². The molecule has 0 saturated heterocycles. The number of halogens is 5. The largest absolute Gasteiger partial charge is 0.500 e. The van der Waals surface area contributed by atoms with Gasteiger partial charge in [0.1, 0.15) is 5.56 Å². The van der Waals surface area contributed by atoms with Crippen molar-refractivity contribution in [3.05, 3.63) is 34.6 Å². The van der Waals surface area contributed by atoms with E-state index in [0.717, 1.165) is 0 Å². The molecule has 1 aromatic rings. The van der Waals surface area contributed by atoms with Crippen molar-refractivity contribution in [3.63, 3.8) is 0 Å². The summed E-state index contributed by atoms with van der Waals surface area (Å²) >= 11 is 0. The van der Waals surface area contributed by atoms with E-state index in [0.29, 0.717) is 13.2 Å². The maximum Gasteiger partial charge on any atom is 0.500 e. The highest BCUT2D eigenvalue weighted by molar-refractivity contribution is 6.60. The summed E-state index contributed by atoms with van der Waals surface area (Å²) in [6, 6.07) is 0.232. The molecule has 0 saturated carbocycles. The van der Waals surface area contributed by atoms with E-state index in [2.05, 4.69) is 4.74 Å². The average Bonchev–Trinajstić information content (AvgIpc) is 2.62. The van der Waals surface area contributed by atoms with Crippen molar-refractivity contribution in [2.24, 2.45) is 0 Å². The number of carbonyl (C=O) groups is 1. The Morgan fingerprint density at radius 1 is 0.885 bits per heavy atom. The molecule has 0 bridgehead atoms. The second-order valence-electron chi connectivity index (χ2n) is 4.94. The van der Waals surface area contributed by atoms with E-state index in [-0.39, 0.29) is 19.1 Å². The predicted octanol–water partition coefficient (Wildman–Crippen LogP) is 3.59. The standard InChI is InChI=1S/C15H19F5O5Si/c1-4-24-26(22-3,25-5-2)8-6-7-23-15(21)9-10(16)12(18)14(20)13(19)11(9)17/h4-8H2,1-3H3. The summed E-state index contributed by atoms with van der Waals surface area (Å²) in [5, 5.41) is 0. The Hall–Kier alpha value is -1.56. The molecular weight excluding hydrogens is 383 g/mol. The highest BCUT2D eigenvalue weighted by Gasteiger charge is 2.39. The molecule has 0 spiro atoms. The van der Waals surface area contributed by atoms with Gasteiger partial charge in [0.25, 0.3) is 0 Å². The number of carbonyl (C=O) groups excluding carboxylic acids is 1. The third kappa shape index (κ3) is 4.99. The Labute approximate surface area is 148 Å². The maximum atomic E-state index is 13.5. The Balaban J connectivity index is 2.76. The van der Waals surface area contributed by atoms with Crippen molar-refractivity contribution >= 4 is 14.8 Å². The van der Waals surface area contributed by atoms with Crippen molar-refractivity contribution in [1.82, 2.24) is 0 Å². The van der Waals surface area contributed by atoms with Gasteiger partial charge in [-0.25, -0.2) is 26.7 Å². The van der Waals surface area contributed by atoms with E-state index in [9.17, 15) is 26.7 Å². The molecule has 0 radical (unpaired) electrons. The molecule has 0 unspecified atom stereocenters. The lowest BCUT2D eigenvalue weighted by atomic mass is 10.1. The van der Waals surface area contributed by atoms with Crippen LogP contribution in [0.4, 0.5) is 22.0 Å². The van der Waals surface area contributed by atoms with E-state index < -0.39 is 49.4 Å². The molecule has 0 heterocycles. The molecule has 11 heteroatoms. The monoisotopic (exact) mass is 402 g/mol. The van der Waals surface area contributed by atoms with E-state index in [1.807, 2.05) is 0 Å². The van der Waals surface area contributed by atoms with Crippen LogP contribution in [-0.4, -0.2) is 41.7 Å². The second kappa shape index (κ2) is 9.95. The van der Waals surface area contributed by atoms with Crippen LogP contribution < -0.4 is 0 Å². The lowest BCUT2D eigenvalue weighted by molar-refractivity contribution is 0.0468. The molecule has 0 aliphatic carbocycles. The van der Waals surface area contributed by atoms with Gasteiger partial charge in [0.2, 0.25) is 5.82 Å². The molecular formula is C15H19F5O5Si. The van der Waals surface area contributed by atoms with Crippen LogP contribution in [0.3, 0.4) is 0 Å². The van der Waals surface area contributed by atoms with E-state index >= 15 is 0 Å². The van der Waals surface area contributed by atoms with Crippen LogP contribution in [0.25, 0.3) is 0 Å². The van der Waals surface area contributed by atoms with Gasteiger partial charge in [-0.2, -0.15) is 0 Å². The zero-order valence-electron chi connectivity index (χ0n) is 14.5. The summed E-state index contributed by atoms with van der Waals surface area (Å²) < 4.78 is 87.1. The molecule has 0 amide bonds. The van der Waals surface area contributed by atoms with Crippen LogP contribution in [0.1, 0.15) is 30.6 Å². The van der Waals surface area contributed by atoms with Crippen molar-refractivity contribution in [2.45, 2.75) is 26.3 Å². The van der Waals surface area contributed by atoms with Gasteiger partial charge >= 0.3 is 14.8 Å². The number of hydrogen-bond donors (Lipinski definition) is 0. The fourth-order valence-electron chi connectivity index (χ4n) is 2.16. The first-order valence-corrected chi connectivity index (χ1v) is 9.69. The summed E-state index contributed by atoms with van der Waals surface area (Å²) in [7, 11) is -1.58. The highest BCUT2D eigenvalue weighted by Crippen LogP contribution is 2.24. The van der Waals surface area contributed by atoms with E-state index in [1.165, 1.54) is 7.11 Å². The fourth-order valence-corrected chi connectivity index (χ4v) is 4.42. The normalized spacial score (nSPS) is 11.7. The molecule has 0 aliphatic rings. The summed E-state index contributed by atoms with van der Waals surface area (Å²) in [5.74, 6) is -12.9. The first-order chi connectivity index (χ1) is 12.2. The summed E-state index contributed by atoms with van der Waals surface area (Å²) in [6.45, 7) is 3.78. The molecule has 5 nitrogen and oxygen atoms in total. The topological polar surface area (TPSA) is 54.0 Å². The van der Waals surface area contributed by atoms with Crippen molar-refractivity contribution in [1.29, 1.82) is 0 Å². The van der Waals surface area contributed by atoms with Crippen molar-refractivity contribution < 1.29 is 44.8 Å². The molecule has 1 rings (SSSR count). The van der Waals surface area contributed by atoms with E-state index in [4.69, 9.17) is 13.3 Å². The number of rotatable bonds is 10. The van der Waals surface area contributed by atoms with Gasteiger partial charge in [-0.15, -0.1) is 0 Å². The minimum absolute atomic E-state index is 0.140. The van der Waals surface area contributed by atoms with Crippen molar-refractivity contribution in [2.75, 3.05) is 26.9 Å². The van der Waals surface area contributed by atoms with E-state index in [1.54, 1.807) is 13.8 Å². The maximum absolute atomic E-state index is 13.5. The van der Waals surface area contributed by atoms with Gasteiger partial charge in [-0.3, -0.25) is 0 Å². The first kappa shape index (κ1) is 22.5. The molecule has 148 valence electrons. The molecule has 0 atom stereocenters. The predicted molar refractivity (Wildman–Crippen MR) is 82.0 cm³/mol. The number of ether oxygens (including phenoxy) is 1. The van der Waals surface area contributed by atoms with Crippen LogP contribution in [0, 0.1) is 29.1 Å². The average molecular weight is 402 g/mol. The quantitative estimate of drug-likeness (QED) is 0.150. The summed E-state index contributed by atoms with van der Waals surface area (Å²) in [6.07, 6.45) is 0.140. The van der Waals surface area contributed by atoms with Gasteiger partial charge in [0.05, 0.1) is 6.61 Å². The van der Waals surface area contributed by atoms with Crippen LogP contribution in [-0.2, 0) is 18.0 Å². The lowest BCUT2D eigenvalue weighted by Crippen LogP contribution is -2.45. The minimum Gasteiger partial charge on any atom is -0.462 e. The van der Waals surface area contributed by atoms with Crippen LogP contribution in [0.15, 0.2) is 0 Å². The third-order valence-corrected chi connectivity index (χ3v) is 6.36. The molecule has 0 N–H and O–H groups in total. The van der Waals surface area contributed by atoms with Gasteiger partial charge in [0, 0.05) is 26.4 Å². The zero-order valence-corrected chi connectivity index (χ0v) is 15.5. The Kier molecular flexibility index (Phi) is 8.60. The molecule has 26 heavy (non-hydrogen) atoms. The third-order valence-electron chi connectivity index (χ3n) is 3.31. The summed E-state index contributed by atoms with van der Waals surface area (Å²) in [5.41, 5.74) is -1.63. The number of benzene rings is 1. The van der Waals surface area contributed by atoms with Gasteiger partial charge in [-0.05, 0) is 20.3 Å². The molecule has 0 fully saturated rings. The molecule has 1 aromatic carbocycles. The Morgan fingerprint density at radius 3 is 1.77 bits per heavy atom. The highest BCUT2D eigenvalue weighted by atomic mass is 28.4. The van der Waals surface area contributed by atoms with Crippen LogP contribution in [0.2, 0.25) is 6.04 Å². The number of hydrogen-bond acceptors (Lipinski definition) is 5. The Morgan fingerprint density at radius 2 is 1.35 bits per heavy atom.